The molecule has 6 nitrogen and oxygen atoms in total. The van der Waals surface area contributed by atoms with Gasteiger partial charge in [-0.1, -0.05) is 12.1 Å². The molecule has 0 saturated heterocycles. The van der Waals surface area contributed by atoms with Crippen molar-refractivity contribution >= 4 is 28.2 Å². The van der Waals surface area contributed by atoms with Crippen LogP contribution in [-0.2, 0) is 16.1 Å². The van der Waals surface area contributed by atoms with Gasteiger partial charge in [-0.2, -0.15) is 0 Å². The first kappa shape index (κ1) is 20.8. The molecule has 2 aromatic heterocycles. The Morgan fingerprint density at radius 1 is 1.24 bits per heavy atom. The van der Waals surface area contributed by atoms with Gasteiger partial charge in [0.15, 0.2) is 5.76 Å². The monoisotopic (exact) mass is 417 g/mol. The number of esters is 1. The minimum absolute atomic E-state index is 0.196. The number of thiophene rings is 1. The highest BCUT2D eigenvalue weighted by Crippen LogP contribution is 2.36. The molecule has 1 aromatic carbocycles. The fraction of sp³-hybridized carbons (Fsp3) is 0.238. The molecule has 2 heterocycles. The molecule has 0 radical (unpaired) electrons. The number of carbonyl (C=O) groups is 2. The topological polar surface area (TPSA) is 85.1 Å². The molecule has 0 spiro atoms. The largest absolute Gasteiger partial charge is 0.463 e. The van der Waals surface area contributed by atoms with Gasteiger partial charge in [-0.3, -0.25) is 4.79 Å². The van der Waals surface area contributed by atoms with Crippen LogP contribution >= 0.6 is 11.3 Å². The molecule has 3 aromatic rings. The number of amides is 1. The number of nitrogens with one attached hydrogen (secondary N) is 1. The summed E-state index contributed by atoms with van der Waals surface area (Å²) < 4.78 is 23.7. The SMILES string of the molecule is CCOC(=O)c1c(-c2ccc(F)cc2)csc1NC(=O)CC[NH2+]Cc1ccco1. The van der Waals surface area contributed by atoms with Crippen LogP contribution in [0.5, 0.6) is 0 Å². The van der Waals surface area contributed by atoms with Gasteiger partial charge >= 0.3 is 5.97 Å². The van der Waals surface area contributed by atoms with Gasteiger partial charge in [-0.15, -0.1) is 11.3 Å². The Kier molecular flexibility index (Phi) is 7.15. The first-order valence-electron chi connectivity index (χ1n) is 9.27. The van der Waals surface area contributed by atoms with E-state index in [9.17, 15) is 14.0 Å². The van der Waals surface area contributed by atoms with Crippen molar-refractivity contribution in [3.63, 3.8) is 0 Å². The Labute approximate surface area is 171 Å². The second kappa shape index (κ2) is 9.99. The van der Waals surface area contributed by atoms with E-state index in [0.717, 1.165) is 5.76 Å². The molecule has 3 rings (SSSR count). The quantitative estimate of drug-likeness (QED) is 0.413. The summed E-state index contributed by atoms with van der Waals surface area (Å²) >= 11 is 1.24. The molecule has 1 amide bonds. The summed E-state index contributed by atoms with van der Waals surface area (Å²) in [5, 5.41) is 6.97. The van der Waals surface area contributed by atoms with Gasteiger partial charge < -0.3 is 19.8 Å². The van der Waals surface area contributed by atoms with Crippen LogP contribution in [0.25, 0.3) is 11.1 Å². The minimum Gasteiger partial charge on any atom is -0.463 e. The molecule has 8 heteroatoms. The Morgan fingerprint density at radius 3 is 2.72 bits per heavy atom. The van der Waals surface area contributed by atoms with E-state index in [1.807, 2.05) is 17.4 Å². The lowest BCUT2D eigenvalue weighted by Crippen LogP contribution is -2.82. The first-order valence-corrected chi connectivity index (χ1v) is 10.1. The lowest BCUT2D eigenvalue weighted by Gasteiger charge is -2.09. The Balaban J connectivity index is 1.68. The Hall–Kier alpha value is -2.97. The maximum Gasteiger partial charge on any atom is 0.341 e. The van der Waals surface area contributed by atoms with E-state index in [2.05, 4.69) is 5.32 Å². The highest BCUT2D eigenvalue weighted by atomic mass is 32.1. The summed E-state index contributed by atoms with van der Waals surface area (Å²) in [6.45, 7) is 3.17. The van der Waals surface area contributed by atoms with E-state index < -0.39 is 5.97 Å². The van der Waals surface area contributed by atoms with Crippen LogP contribution in [0.4, 0.5) is 9.39 Å². The van der Waals surface area contributed by atoms with Gasteiger partial charge in [0, 0.05) is 10.9 Å². The normalized spacial score (nSPS) is 10.7. The van der Waals surface area contributed by atoms with Gasteiger partial charge in [0.2, 0.25) is 5.91 Å². The first-order chi connectivity index (χ1) is 14.1. The lowest BCUT2D eigenvalue weighted by molar-refractivity contribution is -0.671. The number of carbonyl (C=O) groups excluding carboxylic acids is 2. The van der Waals surface area contributed by atoms with Crippen molar-refractivity contribution in [3.8, 4) is 11.1 Å². The molecular formula is C21H22FN2O4S+. The van der Waals surface area contributed by atoms with Gasteiger partial charge in [0.25, 0.3) is 0 Å². The van der Waals surface area contributed by atoms with E-state index in [4.69, 9.17) is 9.15 Å². The number of halogens is 1. The second-order valence-corrected chi connectivity index (χ2v) is 7.12. The number of hydrogen-bond acceptors (Lipinski definition) is 5. The van der Waals surface area contributed by atoms with Crippen molar-refractivity contribution in [1.82, 2.24) is 0 Å². The zero-order chi connectivity index (χ0) is 20.6. The van der Waals surface area contributed by atoms with Crippen molar-refractivity contribution in [2.75, 3.05) is 18.5 Å². The highest BCUT2D eigenvalue weighted by Gasteiger charge is 2.23. The molecule has 0 unspecified atom stereocenters. The molecule has 29 heavy (non-hydrogen) atoms. The fourth-order valence-electron chi connectivity index (χ4n) is 2.79. The van der Waals surface area contributed by atoms with E-state index in [1.165, 1.54) is 23.5 Å². The average molecular weight is 417 g/mol. The zero-order valence-corrected chi connectivity index (χ0v) is 16.8. The lowest BCUT2D eigenvalue weighted by atomic mass is 10.0. The van der Waals surface area contributed by atoms with E-state index in [-0.39, 0.29) is 30.3 Å². The average Bonchev–Trinajstić information content (AvgIpc) is 3.36. The third-order valence-corrected chi connectivity index (χ3v) is 5.08. The predicted octanol–water partition coefficient (Wildman–Crippen LogP) is 3.42. The third-order valence-electron chi connectivity index (χ3n) is 4.18. The maximum atomic E-state index is 13.2. The molecule has 0 aliphatic carbocycles. The number of anilines is 1. The molecule has 152 valence electrons. The Morgan fingerprint density at radius 2 is 2.03 bits per heavy atom. The van der Waals surface area contributed by atoms with Crippen molar-refractivity contribution in [1.29, 1.82) is 0 Å². The van der Waals surface area contributed by atoms with E-state index in [1.54, 1.807) is 30.7 Å². The standard InChI is InChI=1S/C21H21FN2O4S/c1-2-27-21(26)19-17(14-5-7-15(22)8-6-14)13-29-20(19)24-18(25)9-10-23-12-16-4-3-11-28-16/h3-8,11,13,23H,2,9-10,12H2,1H3,(H,24,25)/p+1. The van der Waals surface area contributed by atoms with Crippen LogP contribution in [-0.4, -0.2) is 25.0 Å². The van der Waals surface area contributed by atoms with Gasteiger partial charge in [0.1, 0.15) is 22.9 Å². The number of rotatable bonds is 9. The number of quaternary nitrogens is 1. The van der Waals surface area contributed by atoms with Gasteiger partial charge in [-0.05, 0) is 36.8 Å². The number of furan rings is 1. The van der Waals surface area contributed by atoms with Crippen molar-refractivity contribution in [2.45, 2.75) is 19.9 Å². The van der Waals surface area contributed by atoms with Crippen molar-refractivity contribution in [3.05, 3.63) is 65.2 Å². The summed E-state index contributed by atoms with van der Waals surface area (Å²) in [6, 6.07) is 9.54. The smallest absolute Gasteiger partial charge is 0.341 e. The summed E-state index contributed by atoms with van der Waals surface area (Å²) in [6.07, 6.45) is 1.90. The van der Waals surface area contributed by atoms with Crippen molar-refractivity contribution < 1.29 is 28.5 Å². The molecule has 0 aliphatic heterocycles. The Bertz CT molecular complexity index is 952. The molecule has 0 fully saturated rings. The molecule has 3 N–H and O–H groups in total. The second-order valence-electron chi connectivity index (χ2n) is 6.24. The van der Waals surface area contributed by atoms with Gasteiger partial charge in [-0.25, -0.2) is 9.18 Å². The van der Waals surface area contributed by atoms with Crippen LogP contribution in [0.15, 0.2) is 52.5 Å². The number of nitrogens with two attached hydrogens (primary N) is 1. The molecule has 0 atom stereocenters. The van der Waals surface area contributed by atoms with E-state index in [0.29, 0.717) is 29.2 Å². The van der Waals surface area contributed by atoms with Crippen molar-refractivity contribution in [2.24, 2.45) is 0 Å². The number of benzene rings is 1. The molecule has 0 bridgehead atoms. The summed E-state index contributed by atoms with van der Waals surface area (Å²) in [7, 11) is 0. The van der Waals surface area contributed by atoms with Crippen LogP contribution in [0, 0.1) is 5.82 Å². The van der Waals surface area contributed by atoms with Crippen LogP contribution in [0.3, 0.4) is 0 Å². The number of ether oxygens (including phenoxy) is 1. The molecule has 0 saturated carbocycles. The summed E-state index contributed by atoms with van der Waals surface area (Å²) in [5.41, 5.74) is 1.57. The summed E-state index contributed by atoms with van der Waals surface area (Å²) in [4.78, 5) is 24.9. The summed E-state index contributed by atoms with van der Waals surface area (Å²) in [5.74, 6) is -0.232. The van der Waals surface area contributed by atoms with Gasteiger partial charge in [0.05, 0.1) is 25.8 Å². The third kappa shape index (κ3) is 5.52. The fourth-order valence-corrected chi connectivity index (χ4v) is 3.77. The zero-order valence-electron chi connectivity index (χ0n) is 15.9. The van der Waals surface area contributed by atoms with Crippen LogP contribution in [0.1, 0.15) is 29.5 Å². The number of hydrogen-bond donors (Lipinski definition) is 2. The molecule has 0 aliphatic rings. The maximum absolute atomic E-state index is 13.2. The highest BCUT2D eigenvalue weighted by molar-refractivity contribution is 7.15. The molecular weight excluding hydrogens is 395 g/mol. The van der Waals surface area contributed by atoms with Crippen LogP contribution < -0.4 is 10.6 Å². The van der Waals surface area contributed by atoms with E-state index >= 15 is 0 Å². The minimum atomic E-state index is -0.521. The van der Waals surface area contributed by atoms with Crippen LogP contribution in [0.2, 0.25) is 0 Å². The predicted molar refractivity (Wildman–Crippen MR) is 108 cm³/mol.